The van der Waals surface area contributed by atoms with E-state index in [0.29, 0.717) is 22.8 Å². The second kappa shape index (κ2) is 12.5. The lowest BCUT2D eigenvalue weighted by Gasteiger charge is -2.12. The van der Waals surface area contributed by atoms with E-state index in [4.69, 9.17) is 14.2 Å². The highest BCUT2D eigenvalue weighted by Gasteiger charge is 2.12. The van der Waals surface area contributed by atoms with Crippen LogP contribution in [0.15, 0.2) is 50.2 Å². The minimum absolute atomic E-state index is 0.172. The van der Waals surface area contributed by atoms with E-state index in [1.54, 1.807) is 31.0 Å². The maximum Gasteiger partial charge on any atom is 0.250 e. The lowest BCUT2D eigenvalue weighted by molar-refractivity contribution is -0.118. The molecule has 0 bridgehead atoms. The Morgan fingerprint density at radius 1 is 1.03 bits per heavy atom. The fraction of sp³-hybridized carbons (Fsp3) is 0.273. The average Bonchev–Trinajstić information content (AvgIpc) is 3.30. The van der Waals surface area contributed by atoms with Gasteiger partial charge in [-0.1, -0.05) is 64.7 Å². The molecule has 0 fully saturated rings. The molecule has 3 rings (SSSR count). The smallest absolute Gasteiger partial charge is 0.250 e. The molecule has 0 spiro atoms. The standard InChI is InChI=1S/C22H24N4O4S3/c1-14-5-7-15(8-6-14)12-31-21-25-26-22(33-21)32-13-20(27)24-23-11-17-18(29-3)9-16(28-2)10-19(17)30-4/h5-11H,12-13H2,1-4H3,(H,24,27). The maximum atomic E-state index is 12.2. The van der Waals surface area contributed by atoms with Crippen molar-refractivity contribution in [3.8, 4) is 17.2 Å². The third-order valence-electron chi connectivity index (χ3n) is 4.33. The number of aromatic nitrogens is 2. The van der Waals surface area contributed by atoms with Crippen LogP contribution in [0.5, 0.6) is 17.2 Å². The van der Waals surface area contributed by atoms with Crippen molar-refractivity contribution in [1.29, 1.82) is 0 Å². The number of benzene rings is 2. The van der Waals surface area contributed by atoms with E-state index < -0.39 is 0 Å². The van der Waals surface area contributed by atoms with Gasteiger partial charge < -0.3 is 14.2 Å². The summed E-state index contributed by atoms with van der Waals surface area (Å²) < 4.78 is 17.6. The lowest BCUT2D eigenvalue weighted by Crippen LogP contribution is -2.19. The number of methoxy groups -OCH3 is 3. The second-order valence-electron chi connectivity index (χ2n) is 6.64. The second-order valence-corrected chi connectivity index (χ2v) is 10.1. The van der Waals surface area contributed by atoms with Crippen molar-refractivity contribution in [3.63, 3.8) is 0 Å². The highest BCUT2D eigenvalue weighted by atomic mass is 32.2. The molecule has 0 aliphatic heterocycles. The third kappa shape index (κ3) is 7.37. The number of carbonyl (C=O) groups excluding carboxylic acids is 1. The summed E-state index contributed by atoms with van der Waals surface area (Å²) in [5, 5.41) is 12.4. The van der Waals surface area contributed by atoms with E-state index in [-0.39, 0.29) is 11.7 Å². The van der Waals surface area contributed by atoms with Crippen molar-refractivity contribution in [1.82, 2.24) is 15.6 Å². The molecule has 0 unspecified atom stereocenters. The summed E-state index contributed by atoms with van der Waals surface area (Å²) in [6.07, 6.45) is 1.48. The molecule has 3 aromatic rings. The van der Waals surface area contributed by atoms with Crippen molar-refractivity contribution in [3.05, 3.63) is 53.1 Å². The molecule has 1 heterocycles. The molecule has 0 radical (unpaired) electrons. The van der Waals surface area contributed by atoms with Crippen LogP contribution in [-0.4, -0.2) is 49.4 Å². The maximum absolute atomic E-state index is 12.2. The summed E-state index contributed by atoms with van der Waals surface area (Å²) in [5.41, 5.74) is 5.57. The van der Waals surface area contributed by atoms with Crippen LogP contribution in [0.1, 0.15) is 16.7 Å². The fourth-order valence-electron chi connectivity index (χ4n) is 2.63. The number of ether oxygens (including phenoxy) is 3. The first-order valence-electron chi connectivity index (χ1n) is 9.79. The molecule has 174 valence electrons. The van der Waals surface area contributed by atoms with Crippen LogP contribution < -0.4 is 19.6 Å². The molecule has 11 heteroatoms. The summed E-state index contributed by atoms with van der Waals surface area (Å²) in [5.74, 6) is 2.37. The Bertz CT molecular complexity index is 1080. The Balaban J connectivity index is 1.49. The Morgan fingerprint density at radius 3 is 2.27 bits per heavy atom. The first kappa shape index (κ1) is 24.9. The zero-order valence-electron chi connectivity index (χ0n) is 18.7. The summed E-state index contributed by atoms with van der Waals surface area (Å²) in [4.78, 5) is 12.2. The van der Waals surface area contributed by atoms with Crippen molar-refractivity contribution in [2.45, 2.75) is 21.4 Å². The van der Waals surface area contributed by atoms with Crippen molar-refractivity contribution >= 4 is 47.0 Å². The first-order chi connectivity index (χ1) is 16.0. The predicted octanol–water partition coefficient (Wildman–Crippen LogP) is 4.41. The number of hydrazone groups is 1. The quantitative estimate of drug-likeness (QED) is 0.233. The average molecular weight is 505 g/mol. The van der Waals surface area contributed by atoms with Crippen molar-refractivity contribution in [2.75, 3.05) is 27.1 Å². The summed E-state index contributed by atoms with van der Waals surface area (Å²) in [6, 6.07) is 11.8. The van der Waals surface area contributed by atoms with Crippen molar-refractivity contribution in [2.24, 2.45) is 5.10 Å². The van der Waals surface area contributed by atoms with Crippen LogP contribution in [0.2, 0.25) is 0 Å². The van der Waals surface area contributed by atoms with Gasteiger partial charge in [-0.2, -0.15) is 5.10 Å². The minimum Gasteiger partial charge on any atom is -0.496 e. The molecule has 0 saturated heterocycles. The largest absolute Gasteiger partial charge is 0.496 e. The van der Waals surface area contributed by atoms with E-state index in [9.17, 15) is 4.79 Å². The topological polar surface area (TPSA) is 94.9 Å². The molecule has 8 nitrogen and oxygen atoms in total. The SMILES string of the molecule is COc1cc(OC)c(C=NNC(=O)CSc2nnc(SCc3ccc(C)cc3)s2)c(OC)c1. The molecular weight excluding hydrogens is 480 g/mol. The lowest BCUT2D eigenvalue weighted by atomic mass is 10.2. The van der Waals surface area contributed by atoms with Gasteiger partial charge in [0.25, 0.3) is 5.91 Å². The van der Waals surface area contributed by atoms with Crippen LogP contribution >= 0.6 is 34.9 Å². The normalized spacial score (nSPS) is 10.9. The first-order valence-corrected chi connectivity index (χ1v) is 12.6. The summed E-state index contributed by atoms with van der Waals surface area (Å²) in [7, 11) is 4.63. The van der Waals surface area contributed by atoms with Crippen molar-refractivity contribution < 1.29 is 19.0 Å². The Kier molecular flexibility index (Phi) is 9.40. The van der Waals surface area contributed by atoms with E-state index in [1.165, 1.54) is 54.7 Å². The van der Waals surface area contributed by atoms with Crippen LogP contribution in [-0.2, 0) is 10.5 Å². The van der Waals surface area contributed by atoms with Gasteiger partial charge in [-0.25, -0.2) is 5.43 Å². The van der Waals surface area contributed by atoms with Gasteiger partial charge >= 0.3 is 0 Å². The van der Waals surface area contributed by atoms with Gasteiger partial charge in [0.2, 0.25) is 0 Å². The zero-order valence-corrected chi connectivity index (χ0v) is 21.1. The van der Waals surface area contributed by atoms with Gasteiger partial charge in [0, 0.05) is 17.9 Å². The van der Waals surface area contributed by atoms with E-state index >= 15 is 0 Å². The molecular formula is C22H24N4O4S3. The van der Waals surface area contributed by atoms with Crippen LogP contribution in [0.3, 0.4) is 0 Å². The molecule has 33 heavy (non-hydrogen) atoms. The molecule has 1 aromatic heterocycles. The highest BCUT2D eigenvalue weighted by molar-refractivity contribution is 8.03. The molecule has 0 saturated carbocycles. The molecule has 2 aromatic carbocycles. The summed E-state index contributed by atoms with van der Waals surface area (Å²) in [6.45, 7) is 2.07. The number of nitrogens with zero attached hydrogens (tertiary/aromatic N) is 3. The van der Waals surface area contributed by atoms with Gasteiger partial charge in [0.05, 0.1) is 38.9 Å². The van der Waals surface area contributed by atoms with Gasteiger partial charge in [-0.3, -0.25) is 4.79 Å². The highest BCUT2D eigenvalue weighted by Crippen LogP contribution is 2.33. The van der Waals surface area contributed by atoms with Crippen LogP contribution in [0.25, 0.3) is 0 Å². The fourth-order valence-corrected chi connectivity index (χ4v) is 5.40. The minimum atomic E-state index is -0.258. The van der Waals surface area contributed by atoms with Gasteiger partial charge in [0.15, 0.2) is 8.68 Å². The number of amides is 1. The predicted molar refractivity (Wildman–Crippen MR) is 133 cm³/mol. The number of carbonyl (C=O) groups is 1. The molecule has 0 aliphatic carbocycles. The molecule has 0 atom stereocenters. The Morgan fingerprint density at radius 2 is 1.67 bits per heavy atom. The Labute approximate surface area is 205 Å². The van der Waals surface area contributed by atoms with Gasteiger partial charge in [-0.15, -0.1) is 10.2 Å². The van der Waals surface area contributed by atoms with E-state index in [2.05, 4.69) is 51.9 Å². The third-order valence-corrected chi connectivity index (χ3v) is 7.59. The van der Waals surface area contributed by atoms with E-state index in [0.717, 1.165) is 14.4 Å². The number of thioether (sulfide) groups is 2. The molecule has 1 N–H and O–H groups in total. The van der Waals surface area contributed by atoms with Gasteiger partial charge in [0.1, 0.15) is 17.2 Å². The van der Waals surface area contributed by atoms with Gasteiger partial charge in [-0.05, 0) is 12.5 Å². The number of nitrogens with one attached hydrogen (secondary N) is 1. The number of rotatable bonds is 11. The Hall–Kier alpha value is -2.76. The van der Waals surface area contributed by atoms with Crippen LogP contribution in [0.4, 0.5) is 0 Å². The number of hydrogen-bond donors (Lipinski definition) is 1. The zero-order chi connectivity index (χ0) is 23.6. The van der Waals surface area contributed by atoms with E-state index in [1.807, 2.05) is 0 Å². The molecule has 1 amide bonds. The molecule has 0 aliphatic rings. The number of hydrogen-bond acceptors (Lipinski definition) is 10. The summed E-state index contributed by atoms with van der Waals surface area (Å²) >= 11 is 4.42. The monoisotopic (exact) mass is 504 g/mol. The number of aryl methyl sites for hydroxylation is 1. The van der Waals surface area contributed by atoms with Crippen LogP contribution in [0, 0.1) is 6.92 Å².